The van der Waals surface area contributed by atoms with E-state index in [-0.39, 0.29) is 0 Å². The van der Waals surface area contributed by atoms with Gasteiger partial charge in [0.15, 0.2) is 0 Å². The Kier molecular flexibility index (Phi) is 6.21. The van der Waals surface area contributed by atoms with Crippen LogP contribution in [0.5, 0.6) is 5.75 Å². The second-order valence-corrected chi connectivity index (χ2v) is 6.37. The molecule has 2 rings (SSSR count). The molecule has 1 heterocycles. The molecule has 0 aliphatic rings. The molecule has 0 radical (unpaired) electrons. The van der Waals surface area contributed by atoms with E-state index in [1.165, 1.54) is 10.4 Å². The summed E-state index contributed by atoms with van der Waals surface area (Å²) >= 11 is 1.79. The molecule has 0 saturated heterocycles. The first-order chi connectivity index (χ1) is 10.2. The topological polar surface area (TPSA) is 34.1 Å². The minimum atomic E-state index is 0.678. The first kappa shape index (κ1) is 16.0. The highest BCUT2D eigenvalue weighted by atomic mass is 32.1. The molecular weight excluding hydrogens is 280 g/mol. The van der Waals surface area contributed by atoms with Crippen LogP contribution in [0.4, 0.5) is 0 Å². The summed E-state index contributed by atoms with van der Waals surface area (Å²) in [6, 6.07) is 8.17. The van der Waals surface area contributed by atoms with Gasteiger partial charge in [0.25, 0.3) is 0 Å². The van der Waals surface area contributed by atoms with Gasteiger partial charge in [0.1, 0.15) is 5.75 Å². The summed E-state index contributed by atoms with van der Waals surface area (Å²) in [5.74, 6) is 0.929. The monoisotopic (exact) mass is 304 g/mol. The SMILES string of the molecule is CCCNCc1sc(CCOc2ccc(C)cc2)nc1C. The van der Waals surface area contributed by atoms with E-state index in [4.69, 9.17) is 4.74 Å². The van der Waals surface area contributed by atoms with E-state index >= 15 is 0 Å². The summed E-state index contributed by atoms with van der Waals surface area (Å²) < 4.78 is 5.76. The van der Waals surface area contributed by atoms with Crippen molar-refractivity contribution in [1.29, 1.82) is 0 Å². The molecule has 114 valence electrons. The number of rotatable bonds is 8. The third kappa shape index (κ3) is 5.14. The highest BCUT2D eigenvalue weighted by molar-refractivity contribution is 7.11. The smallest absolute Gasteiger partial charge is 0.119 e. The number of aryl methyl sites for hydroxylation is 2. The summed E-state index contributed by atoms with van der Waals surface area (Å²) in [6.07, 6.45) is 2.03. The molecule has 3 nitrogen and oxygen atoms in total. The van der Waals surface area contributed by atoms with Crippen LogP contribution < -0.4 is 10.1 Å². The number of hydrogen-bond donors (Lipinski definition) is 1. The van der Waals surface area contributed by atoms with Crippen molar-refractivity contribution in [2.75, 3.05) is 13.2 Å². The van der Waals surface area contributed by atoms with Crippen LogP contribution in [-0.2, 0) is 13.0 Å². The van der Waals surface area contributed by atoms with Crippen LogP contribution in [-0.4, -0.2) is 18.1 Å². The molecule has 0 aliphatic heterocycles. The number of aromatic nitrogens is 1. The Morgan fingerprint density at radius 3 is 2.67 bits per heavy atom. The van der Waals surface area contributed by atoms with Crippen LogP contribution in [0.15, 0.2) is 24.3 Å². The molecule has 1 aromatic carbocycles. The Morgan fingerprint density at radius 1 is 1.19 bits per heavy atom. The molecule has 2 aromatic rings. The summed E-state index contributed by atoms with van der Waals surface area (Å²) in [6.45, 7) is 9.01. The lowest BCUT2D eigenvalue weighted by Gasteiger charge is -2.04. The van der Waals surface area contributed by atoms with E-state index in [1.807, 2.05) is 12.1 Å². The molecule has 1 aromatic heterocycles. The zero-order chi connectivity index (χ0) is 15.1. The summed E-state index contributed by atoms with van der Waals surface area (Å²) in [7, 11) is 0. The number of ether oxygens (including phenoxy) is 1. The normalized spacial score (nSPS) is 10.8. The molecule has 0 spiro atoms. The highest BCUT2D eigenvalue weighted by Crippen LogP contribution is 2.19. The number of thiazole rings is 1. The molecule has 4 heteroatoms. The lowest BCUT2D eigenvalue weighted by molar-refractivity contribution is 0.321. The maximum absolute atomic E-state index is 5.76. The van der Waals surface area contributed by atoms with Gasteiger partial charge in [-0.1, -0.05) is 24.6 Å². The second-order valence-electron chi connectivity index (χ2n) is 5.20. The van der Waals surface area contributed by atoms with E-state index in [0.29, 0.717) is 6.61 Å². The molecular formula is C17H24N2OS. The standard InChI is InChI=1S/C17H24N2OS/c1-4-10-18-12-16-14(3)19-17(21-16)9-11-20-15-7-5-13(2)6-8-15/h5-8,18H,4,9-12H2,1-3H3. The van der Waals surface area contributed by atoms with E-state index < -0.39 is 0 Å². The van der Waals surface area contributed by atoms with E-state index in [9.17, 15) is 0 Å². The lowest BCUT2D eigenvalue weighted by atomic mass is 10.2. The third-order valence-electron chi connectivity index (χ3n) is 3.25. The van der Waals surface area contributed by atoms with E-state index in [2.05, 4.69) is 43.2 Å². The number of hydrogen-bond acceptors (Lipinski definition) is 4. The quantitative estimate of drug-likeness (QED) is 0.752. The Morgan fingerprint density at radius 2 is 1.95 bits per heavy atom. The molecule has 0 saturated carbocycles. The number of benzene rings is 1. The Hall–Kier alpha value is -1.39. The van der Waals surface area contributed by atoms with E-state index in [1.54, 1.807) is 11.3 Å². The van der Waals surface area contributed by atoms with Crippen LogP contribution in [0, 0.1) is 13.8 Å². The van der Waals surface area contributed by atoms with Gasteiger partial charge in [0, 0.05) is 17.8 Å². The largest absolute Gasteiger partial charge is 0.493 e. The summed E-state index contributed by atoms with van der Waals surface area (Å²) in [5.41, 5.74) is 2.40. The number of nitrogens with zero attached hydrogens (tertiary/aromatic N) is 1. The van der Waals surface area contributed by atoms with Crippen molar-refractivity contribution >= 4 is 11.3 Å². The fourth-order valence-electron chi connectivity index (χ4n) is 2.03. The van der Waals surface area contributed by atoms with Crippen LogP contribution in [0.25, 0.3) is 0 Å². The van der Waals surface area contributed by atoms with Gasteiger partial charge in [-0.2, -0.15) is 0 Å². The maximum atomic E-state index is 5.76. The van der Waals surface area contributed by atoms with Crippen molar-refractivity contribution in [3.05, 3.63) is 45.4 Å². The van der Waals surface area contributed by atoms with Gasteiger partial charge in [0.2, 0.25) is 0 Å². The number of nitrogens with one attached hydrogen (secondary N) is 1. The molecule has 0 fully saturated rings. The molecule has 0 aliphatic carbocycles. The summed E-state index contributed by atoms with van der Waals surface area (Å²) in [5, 5.41) is 4.59. The van der Waals surface area contributed by atoms with Crippen molar-refractivity contribution in [1.82, 2.24) is 10.3 Å². The van der Waals surface area contributed by atoms with Crippen molar-refractivity contribution in [3.63, 3.8) is 0 Å². The van der Waals surface area contributed by atoms with Gasteiger partial charge in [0.05, 0.1) is 17.3 Å². The molecule has 21 heavy (non-hydrogen) atoms. The first-order valence-corrected chi connectivity index (χ1v) is 8.36. The van der Waals surface area contributed by atoms with Gasteiger partial charge in [-0.05, 0) is 38.9 Å². The van der Waals surface area contributed by atoms with Crippen LogP contribution in [0.1, 0.15) is 34.5 Å². The summed E-state index contributed by atoms with van der Waals surface area (Å²) in [4.78, 5) is 5.97. The molecule has 0 unspecified atom stereocenters. The van der Waals surface area contributed by atoms with Gasteiger partial charge in [-0.15, -0.1) is 11.3 Å². The van der Waals surface area contributed by atoms with Gasteiger partial charge in [-0.25, -0.2) is 4.98 Å². The molecule has 1 N–H and O–H groups in total. The maximum Gasteiger partial charge on any atom is 0.119 e. The minimum Gasteiger partial charge on any atom is -0.493 e. The predicted octanol–water partition coefficient (Wildman–Crippen LogP) is 3.88. The van der Waals surface area contributed by atoms with Gasteiger partial charge >= 0.3 is 0 Å². The average Bonchev–Trinajstić information content (AvgIpc) is 2.82. The van der Waals surface area contributed by atoms with Crippen LogP contribution in [0.3, 0.4) is 0 Å². The lowest BCUT2D eigenvalue weighted by Crippen LogP contribution is -2.13. The Bertz CT molecular complexity index is 548. The second kappa shape index (κ2) is 8.15. The zero-order valence-corrected chi connectivity index (χ0v) is 13.9. The van der Waals surface area contributed by atoms with Crippen molar-refractivity contribution in [2.24, 2.45) is 0 Å². The minimum absolute atomic E-state index is 0.678. The highest BCUT2D eigenvalue weighted by Gasteiger charge is 2.07. The zero-order valence-electron chi connectivity index (χ0n) is 13.1. The fraction of sp³-hybridized carbons (Fsp3) is 0.471. The van der Waals surface area contributed by atoms with Crippen molar-refractivity contribution in [3.8, 4) is 5.75 Å². The van der Waals surface area contributed by atoms with E-state index in [0.717, 1.165) is 42.4 Å². The predicted molar refractivity (Wildman–Crippen MR) is 89.2 cm³/mol. The van der Waals surface area contributed by atoms with Crippen LogP contribution in [0.2, 0.25) is 0 Å². The van der Waals surface area contributed by atoms with Crippen molar-refractivity contribution < 1.29 is 4.74 Å². The van der Waals surface area contributed by atoms with Gasteiger partial charge in [-0.3, -0.25) is 0 Å². The van der Waals surface area contributed by atoms with Crippen molar-refractivity contribution in [2.45, 2.75) is 40.2 Å². The first-order valence-electron chi connectivity index (χ1n) is 7.54. The Balaban J connectivity index is 1.80. The van der Waals surface area contributed by atoms with Gasteiger partial charge < -0.3 is 10.1 Å². The third-order valence-corrected chi connectivity index (χ3v) is 4.47. The average molecular weight is 304 g/mol. The Labute approximate surface area is 131 Å². The fourth-order valence-corrected chi connectivity index (χ4v) is 3.05. The molecule has 0 amide bonds. The van der Waals surface area contributed by atoms with Crippen LogP contribution >= 0.6 is 11.3 Å². The molecule has 0 bridgehead atoms. The molecule has 0 atom stereocenters.